The van der Waals surface area contributed by atoms with Crippen LogP contribution in [0, 0.1) is 0 Å². The van der Waals surface area contributed by atoms with Crippen LogP contribution in [0.5, 0.6) is 17.2 Å². The van der Waals surface area contributed by atoms with E-state index in [-0.39, 0.29) is 10.6 Å². The molecule has 0 aliphatic heterocycles. The van der Waals surface area contributed by atoms with E-state index in [9.17, 15) is 13.2 Å². The summed E-state index contributed by atoms with van der Waals surface area (Å²) in [6, 6.07) is 23.1. The highest BCUT2D eigenvalue weighted by molar-refractivity contribution is 7.91. The molecule has 1 aromatic heterocycles. The molecule has 1 unspecified atom stereocenters. The maximum absolute atomic E-state index is 13.7. The number of hydrogen-bond acceptors (Lipinski definition) is 8. The van der Waals surface area contributed by atoms with Crippen LogP contribution in [0.15, 0.2) is 83.8 Å². The summed E-state index contributed by atoms with van der Waals surface area (Å²) < 4.78 is 42.5. The van der Waals surface area contributed by atoms with Crippen LogP contribution in [-0.2, 0) is 14.6 Å². The largest absolute Gasteiger partial charge is 0.493 e. The van der Waals surface area contributed by atoms with Gasteiger partial charge < -0.3 is 14.2 Å². The lowest BCUT2D eigenvalue weighted by atomic mass is 10.1. The molecule has 0 saturated carbocycles. The third-order valence-electron chi connectivity index (χ3n) is 6.28. The molecule has 1 N–H and O–H groups in total. The summed E-state index contributed by atoms with van der Waals surface area (Å²) in [6.45, 7) is 1.59. The van der Waals surface area contributed by atoms with Crippen molar-refractivity contribution in [2.75, 3.05) is 25.3 Å². The number of ether oxygens (including phenoxy) is 3. The van der Waals surface area contributed by atoms with Gasteiger partial charge in [-0.05, 0) is 23.6 Å². The second-order valence-corrected chi connectivity index (χ2v) is 11.9. The average Bonchev–Trinajstić information content (AvgIpc) is 3.36. The molecule has 39 heavy (non-hydrogen) atoms. The molecule has 1 amide bonds. The molecule has 0 fully saturated rings. The number of nitrogens with zero attached hydrogens (tertiary/aromatic N) is 1. The van der Waals surface area contributed by atoms with Crippen LogP contribution >= 0.6 is 11.3 Å². The van der Waals surface area contributed by atoms with Gasteiger partial charge in [0.25, 0.3) is 5.91 Å². The van der Waals surface area contributed by atoms with Crippen molar-refractivity contribution >= 4 is 53.2 Å². The predicted molar refractivity (Wildman–Crippen MR) is 153 cm³/mol. The summed E-state index contributed by atoms with van der Waals surface area (Å²) >= 11 is 1.29. The molecule has 0 aliphatic carbocycles. The maximum atomic E-state index is 13.7. The maximum Gasteiger partial charge on any atom is 0.271 e. The lowest BCUT2D eigenvalue weighted by Crippen LogP contribution is -2.25. The van der Waals surface area contributed by atoms with Gasteiger partial charge in [0.2, 0.25) is 6.10 Å². The van der Waals surface area contributed by atoms with Crippen molar-refractivity contribution in [3.63, 3.8) is 0 Å². The van der Waals surface area contributed by atoms with Gasteiger partial charge >= 0.3 is 0 Å². The third-order valence-corrected chi connectivity index (χ3v) is 8.96. The van der Waals surface area contributed by atoms with Crippen molar-refractivity contribution in [3.05, 3.63) is 84.4 Å². The van der Waals surface area contributed by atoms with Gasteiger partial charge in [0.1, 0.15) is 5.75 Å². The molecule has 200 valence electrons. The fraction of sp³-hybridized carbons (Fsp3) is 0.172. The Morgan fingerprint density at radius 3 is 2.33 bits per heavy atom. The number of rotatable bonds is 9. The molecule has 4 aromatic carbocycles. The standard InChI is InChI=1S/C29H26N2O6S2/c1-4-39(33,34)20-14-12-19(13-15-20)27(37-23-11-7-9-18-8-5-6-10-21(18)23)28(32)31-29-30-22-16-24(35-2)25(36-3)17-26(22)38-29/h5-17,27H,4H2,1-3H3,(H,30,31,32). The Hall–Kier alpha value is -4.15. The summed E-state index contributed by atoms with van der Waals surface area (Å²) in [5.41, 5.74) is 1.15. The Labute approximate surface area is 230 Å². The van der Waals surface area contributed by atoms with Gasteiger partial charge in [0, 0.05) is 23.1 Å². The molecule has 0 saturated heterocycles. The predicted octanol–water partition coefficient (Wildman–Crippen LogP) is 6.02. The fourth-order valence-corrected chi connectivity index (χ4v) is 5.96. The highest BCUT2D eigenvalue weighted by Crippen LogP contribution is 2.37. The number of sulfone groups is 1. The van der Waals surface area contributed by atoms with E-state index in [1.807, 2.05) is 36.4 Å². The van der Waals surface area contributed by atoms with Crippen LogP contribution in [0.1, 0.15) is 18.6 Å². The first-order valence-corrected chi connectivity index (χ1v) is 14.6. The Morgan fingerprint density at radius 1 is 0.923 bits per heavy atom. The number of carbonyl (C=O) groups excluding carboxylic acids is 1. The average molecular weight is 563 g/mol. The summed E-state index contributed by atoms with van der Waals surface area (Å²) in [5, 5.41) is 5.06. The minimum Gasteiger partial charge on any atom is -0.493 e. The monoisotopic (exact) mass is 562 g/mol. The zero-order chi connectivity index (χ0) is 27.6. The van der Waals surface area contributed by atoms with E-state index in [2.05, 4.69) is 10.3 Å². The van der Waals surface area contributed by atoms with Crippen LogP contribution in [0.4, 0.5) is 5.13 Å². The number of amides is 1. The molecule has 10 heteroatoms. The van der Waals surface area contributed by atoms with Gasteiger partial charge in [-0.2, -0.15) is 0 Å². The van der Waals surface area contributed by atoms with Crippen molar-refractivity contribution in [3.8, 4) is 17.2 Å². The lowest BCUT2D eigenvalue weighted by Gasteiger charge is -2.20. The molecule has 5 rings (SSSR count). The van der Waals surface area contributed by atoms with Gasteiger partial charge in [-0.15, -0.1) is 0 Å². The topological polar surface area (TPSA) is 104 Å². The van der Waals surface area contributed by atoms with E-state index in [0.717, 1.165) is 15.5 Å². The number of aromatic nitrogens is 1. The van der Waals surface area contributed by atoms with Crippen LogP contribution in [0.25, 0.3) is 21.0 Å². The first-order chi connectivity index (χ1) is 18.8. The van der Waals surface area contributed by atoms with Crippen molar-refractivity contribution in [1.82, 2.24) is 4.98 Å². The van der Waals surface area contributed by atoms with E-state index in [4.69, 9.17) is 14.2 Å². The van der Waals surface area contributed by atoms with Gasteiger partial charge in [-0.25, -0.2) is 13.4 Å². The Balaban J connectivity index is 1.51. The number of hydrogen-bond donors (Lipinski definition) is 1. The highest BCUT2D eigenvalue weighted by atomic mass is 32.2. The van der Waals surface area contributed by atoms with Gasteiger partial charge in [-0.3, -0.25) is 10.1 Å². The van der Waals surface area contributed by atoms with Gasteiger partial charge in [0.15, 0.2) is 26.5 Å². The number of methoxy groups -OCH3 is 2. The van der Waals surface area contributed by atoms with E-state index in [0.29, 0.717) is 33.5 Å². The minimum atomic E-state index is -3.39. The molecule has 8 nitrogen and oxygen atoms in total. The summed E-state index contributed by atoms with van der Waals surface area (Å²) in [4.78, 5) is 18.4. The quantitative estimate of drug-likeness (QED) is 0.234. The van der Waals surface area contributed by atoms with E-state index in [1.165, 1.54) is 23.5 Å². The first kappa shape index (κ1) is 26.5. The smallest absolute Gasteiger partial charge is 0.271 e. The Kier molecular flexibility index (Phi) is 7.40. The van der Waals surface area contributed by atoms with E-state index >= 15 is 0 Å². The third kappa shape index (κ3) is 5.39. The summed E-state index contributed by atoms with van der Waals surface area (Å²) in [6.07, 6.45) is -1.08. The minimum absolute atomic E-state index is 0.0179. The Bertz CT molecular complexity index is 1720. The number of carbonyl (C=O) groups is 1. The summed E-state index contributed by atoms with van der Waals surface area (Å²) in [7, 11) is -0.292. The van der Waals surface area contributed by atoms with Crippen molar-refractivity contribution in [2.24, 2.45) is 0 Å². The number of thiazole rings is 1. The zero-order valence-corrected chi connectivity index (χ0v) is 23.1. The molecular formula is C29H26N2O6S2. The van der Waals surface area contributed by atoms with Gasteiger partial charge in [-0.1, -0.05) is 66.8 Å². The number of benzene rings is 4. The van der Waals surface area contributed by atoms with Gasteiger partial charge in [0.05, 0.1) is 35.1 Å². The molecule has 0 aliphatic rings. The zero-order valence-electron chi connectivity index (χ0n) is 21.5. The molecule has 1 heterocycles. The van der Waals surface area contributed by atoms with Crippen molar-refractivity contribution < 1.29 is 27.4 Å². The highest BCUT2D eigenvalue weighted by Gasteiger charge is 2.26. The molecule has 5 aromatic rings. The van der Waals surface area contributed by atoms with E-state index in [1.54, 1.807) is 51.5 Å². The molecular weight excluding hydrogens is 536 g/mol. The second-order valence-electron chi connectivity index (χ2n) is 8.63. The molecule has 0 bridgehead atoms. The summed E-state index contributed by atoms with van der Waals surface area (Å²) in [5.74, 6) is 1.15. The fourth-order valence-electron chi connectivity index (χ4n) is 4.19. The number of anilines is 1. The molecule has 1 atom stereocenters. The normalized spacial score (nSPS) is 12.3. The van der Waals surface area contributed by atoms with Crippen LogP contribution in [0.3, 0.4) is 0 Å². The Morgan fingerprint density at radius 2 is 1.62 bits per heavy atom. The van der Waals surface area contributed by atoms with Crippen molar-refractivity contribution in [2.45, 2.75) is 17.9 Å². The van der Waals surface area contributed by atoms with Crippen LogP contribution in [0.2, 0.25) is 0 Å². The second kappa shape index (κ2) is 10.9. The van der Waals surface area contributed by atoms with Crippen LogP contribution < -0.4 is 19.5 Å². The first-order valence-electron chi connectivity index (χ1n) is 12.1. The lowest BCUT2D eigenvalue weighted by molar-refractivity contribution is -0.123. The van der Waals surface area contributed by atoms with Crippen LogP contribution in [-0.4, -0.2) is 39.3 Å². The molecule has 0 radical (unpaired) electrons. The van der Waals surface area contributed by atoms with E-state index < -0.39 is 21.8 Å². The molecule has 0 spiro atoms. The number of nitrogens with one attached hydrogen (secondary N) is 1. The SMILES string of the molecule is CCS(=O)(=O)c1ccc(C(Oc2cccc3ccccc23)C(=O)Nc2nc3cc(OC)c(OC)cc3s2)cc1. The van der Waals surface area contributed by atoms with Crippen molar-refractivity contribution in [1.29, 1.82) is 0 Å². The number of fused-ring (bicyclic) bond motifs is 2.